The fourth-order valence-corrected chi connectivity index (χ4v) is 1.16. The summed E-state index contributed by atoms with van der Waals surface area (Å²) in [6.45, 7) is 2.34. The Balaban J connectivity index is 0.00000256. The number of methoxy groups -OCH3 is 1. The second kappa shape index (κ2) is 7.99. The summed E-state index contributed by atoms with van der Waals surface area (Å²) in [5, 5.41) is 0. The number of rotatable bonds is 5. The van der Waals surface area contributed by atoms with Crippen molar-refractivity contribution in [2.75, 3.05) is 13.7 Å². The number of ether oxygens (including phenoxy) is 2. The molecule has 1 aromatic rings. The number of nitrogens with zero attached hydrogens (tertiary/aromatic N) is 1. The Morgan fingerprint density at radius 1 is 1.24 bits per heavy atom. The number of hydrogen-bond donors (Lipinski definition) is 2. The van der Waals surface area contributed by atoms with Crippen LogP contribution in [0.2, 0.25) is 0 Å². The lowest BCUT2D eigenvalue weighted by Gasteiger charge is -2.12. The van der Waals surface area contributed by atoms with Gasteiger partial charge in [-0.15, -0.1) is 24.0 Å². The Bertz CT molecular complexity index is 350. The van der Waals surface area contributed by atoms with E-state index >= 15 is 0 Å². The Labute approximate surface area is 118 Å². The van der Waals surface area contributed by atoms with Crippen molar-refractivity contribution in [2.45, 2.75) is 13.0 Å². The molecule has 0 amide bonds. The zero-order valence-corrected chi connectivity index (χ0v) is 12.3. The van der Waals surface area contributed by atoms with Gasteiger partial charge in [0.05, 0.1) is 13.7 Å². The maximum absolute atomic E-state index is 5.59. The molecule has 0 aromatic heterocycles. The monoisotopic (exact) mass is 351 g/mol. The summed E-state index contributed by atoms with van der Waals surface area (Å²) >= 11 is 0. The minimum atomic E-state index is -0.0736. The van der Waals surface area contributed by atoms with Crippen molar-refractivity contribution in [2.24, 2.45) is 16.5 Å². The van der Waals surface area contributed by atoms with Gasteiger partial charge in [0.2, 0.25) is 0 Å². The van der Waals surface area contributed by atoms with Gasteiger partial charge >= 0.3 is 0 Å². The van der Waals surface area contributed by atoms with Crippen LogP contribution >= 0.6 is 24.0 Å². The zero-order chi connectivity index (χ0) is 12.0. The van der Waals surface area contributed by atoms with Crippen molar-refractivity contribution in [3.8, 4) is 11.5 Å². The number of benzene rings is 1. The summed E-state index contributed by atoms with van der Waals surface area (Å²) in [7, 11) is 1.62. The van der Waals surface area contributed by atoms with Crippen molar-refractivity contribution in [3.63, 3.8) is 0 Å². The highest BCUT2D eigenvalue weighted by atomic mass is 127. The molecule has 0 bridgehead atoms. The molecule has 0 spiro atoms. The van der Waals surface area contributed by atoms with Gasteiger partial charge in [0.1, 0.15) is 17.6 Å². The number of nitrogens with two attached hydrogens (primary N) is 2. The number of guanidine groups is 1. The van der Waals surface area contributed by atoms with Crippen molar-refractivity contribution in [1.82, 2.24) is 0 Å². The highest BCUT2D eigenvalue weighted by molar-refractivity contribution is 14.0. The van der Waals surface area contributed by atoms with Gasteiger partial charge in [-0.2, -0.15) is 0 Å². The van der Waals surface area contributed by atoms with E-state index in [0.717, 1.165) is 11.5 Å². The molecule has 1 atom stereocenters. The Kier molecular flexibility index (Phi) is 7.44. The van der Waals surface area contributed by atoms with Crippen LogP contribution in [-0.4, -0.2) is 25.7 Å². The van der Waals surface area contributed by atoms with Crippen molar-refractivity contribution < 1.29 is 9.47 Å². The third-order valence-electron chi connectivity index (χ3n) is 1.93. The fourth-order valence-electron chi connectivity index (χ4n) is 1.16. The molecule has 96 valence electrons. The maximum atomic E-state index is 5.59. The molecule has 0 aliphatic heterocycles. The molecule has 0 aliphatic carbocycles. The first-order valence-corrected chi connectivity index (χ1v) is 4.98. The van der Waals surface area contributed by atoms with Crippen LogP contribution in [0.3, 0.4) is 0 Å². The van der Waals surface area contributed by atoms with E-state index in [-0.39, 0.29) is 36.0 Å². The summed E-state index contributed by atoms with van der Waals surface area (Å²) < 4.78 is 10.6. The van der Waals surface area contributed by atoms with Gasteiger partial charge in [-0.05, 0) is 31.2 Å². The number of hydrogen-bond acceptors (Lipinski definition) is 3. The van der Waals surface area contributed by atoms with Crippen LogP contribution in [0.1, 0.15) is 6.92 Å². The second-order valence-corrected chi connectivity index (χ2v) is 3.37. The smallest absolute Gasteiger partial charge is 0.186 e. The van der Waals surface area contributed by atoms with Gasteiger partial charge in [0.15, 0.2) is 5.96 Å². The highest BCUT2D eigenvalue weighted by Gasteiger charge is 2.03. The first-order valence-electron chi connectivity index (χ1n) is 4.98. The van der Waals surface area contributed by atoms with Gasteiger partial charge < -0.3 is 20.9 Å². The Hall–Kier alpha value is -1.18. The van der Waals surface area contributed by atoms with Crippen LogP contribution < -0.4 is 20.9 Å². The van der Waals surface area contributed by atoms with E-state index in [2.05, 4.69) is 4.99 Å². The van der Waals surface area contributed by atoms with Crippen molar-refractivity contribution >= 4 is 29.9 Å². The van der Waals surface area contributed by atoms with Crippen molar-refractivity contribution in [3.05, 3.63) is 24.3 Å². The minimum absolute atomic E-state index is 0. The van der Waals surface area contributed by atoms with E-state index < -0.39 is 0 Å². The van der Waals surface area contributed by atoms with Crippen LogP contribution in [-0.2, 0) is 0 Å². The van der Waals surface area contributed by atoms with E-state index in [4.69, 9.17) is 20.9 Å². The van der Waals surface area contributed by atoms with E-state index in [9.17, 15) is 0 Å². The van der Waals surface area contributed by atoms with E-state index in [1.54, 1.807) is 7.11 Å². The van der Waals surface area contributed by atoms with Gasteiger partial charge in [-0.25, -0.2) is 4.99 Å². The van der Waals surface area contributed by atoms with Gasteiger partial charge in [-0.1, -0.05) is 0 Å². The van der Waals surface area contributed by atoms with Crippen LogP contribution in [0.4, 0.5) is 0 Å². The summed E-state index contributed by atoms with van der Waals surface area (Å²) in [5.74, 6) is 1.63. The molecule has 1 unspecified atom stereocenters. The molecule has 17 heavy (non-hydrogen) atoms. The Morgan fingerprint density at radius 2 is 1.76 bits per heavy atom. The molecular weight excluding hydrogens is 333 g/mol. The quantitative estimate of drug-likeness (QED) is 0.477. The van der Waals surface area contributed by atoms with Crippen LogP contribution in [0.5, 0.6) is 11.5 Å². The molecule has 6 heteroatoms. The molecule has 1 rings (SSSR count). The first-order chi connectivity index (χ1) is 7.61. The summed E-state index contributed by atoms with van der Waals surface area (Å²) in [6, 6.07) is 7.35. The summed E-state index contributed by atoms with van der Waals surface area (Å²) in [5.41, 5.74) is 10.5. The van der Waals surface area contributed by atoms with E-state index in [1.165, 1.54) is 0 Å². The average Bonchev–Trinajstić information content (AvgIpc) is 2.27. The predicted octanol–water partition coefficient (Wildman–Crippen LogP) is 1.35. The second-order valence-electron chi connectivity index (χ2n) is 3.37. The van der Waals surface area contributed by atoms with Gasteiger partial charge in [0.25, 0.3) is 0 Å². The fraction of sp³-hybridized carbons (Fsp3) is 0.364. The Morgan fingerprint density at radius 3 is 2.24 bits per heavy atom. The first kappa shape index (κ1) is 15.8. The molecule has 1 aromatic carbocycles. The van der Waals surface area contributed by atoms with Crippen molar-refractivity contribution in [1.29, 1.82) is 0 Å². The molecule has 0 saturated carbocycles. The molecule has 0 aliphatic rings. The zero-order valence-electron chi connectivity index (χ0n) is 9.92. The summed E-state index contributed by atoms with van der Waals surface area (Å²) in [4.78, 5) is 3.88. The molecule has 5 nitrogen and oxygen atoms in total. The molecule has 0 heterocycles. The predicted molar refractivity (Wildman–Crippen MR) is 79.2 cm³/mol. The van der Waals surface area contributed by atoms with Crippen LogP contribution in [0.25, 0.3) is 0 Å². The maximum Gasteiger partial charge on any atom is 0.186 e. The lowest BCUT2D eigenvalue weighted by Crippen LogP contribution is -2.26. The van der Waals surface area contributed by atoms with Crippen LogP contribution in [0.15, 0.2) is 29.3 Å². The molecule has 0 saturated heterocycles. The molecule has 4 N–H and O–H groups in total. The lowest BCUT2D eigenvalue weighted by atomic mass is 10.3. The minimum Gasteiger partial charge on any atom is -0.497 e. The number of halogens is 1. The third kappa shape index (κ3) is 6.20. The number of aliphatic imine (C=N–C) groups is 1. The standard InChI is InChI=1S/C11H17N3O2.HI/c1-8(7-14-11(12)13)16-10-5-3-9(15-2)4-6-10;/h3-6,8H,7H2,1-2H3,(H4,12,13,14);1H. The topological polar surface area (TPSA) is 82.9 Å². The van der Waals surface area contributed by atoms with E-state index in [1.807, 2.05) is 31.2 Å². The van der Waals surface area contributed by atoms with E-state index in [0.29, 0.717) is 6.54 Å². The molecule has 0 fully saturated rings. The molecule has 0 radical (unpaired) electrons. The van der Waals surface area contributed by atoms with Gasteiger partial charge in [-0.3, -0.25) is 0 Å². The third-order valence-corrected chi connectivity index (χ3v) is 1.93. The lowest BCUT2D eigenvalue weighted by molar-refractivity contribution is 0.230. The van der Waals surface area contributed by atoms with Crippen LogP contribution in [0, 0.1) is 0 Å². The summed E-state index contributed by atoms with van der Waals surface area (Å²) in [6.07, 6.45) is -0.0736. The molecular formula is C11H18IN3O2. The largest absolute Gasteiger partial charge is 0.497 e. The normalized spacial score (nSPS) is 10.9. The van der Waals surface area contributed by atoms with Gasteiger partial charge in [0, 0.05) is 0 Å². The average molecular weight is 351 g/mol. The highest BCUT2D eigenvalue weighted by Crippen LogP contribution is 2.18. The SMILES string of the molecule is COc1ccc(OC(C)CN=C(N)N)cc1.I.